The van der Waals surface area contributed by atoms with E-state index in [4.69, 9.17) is 5.73 Å². The van der Waals surface area contributed by atoms with Crippen molar-refractivity contribution in [1.82, 2.24) is 4.98 Å². The average Bonchev–Trinajstić information content (AvgIpc) is 3.02. The van der Waals surface area contributed by atoms with Gasteiger partial charge in [0, 0.05) is 31.4 Å². The van der Waals surface area contributed by atoms with Gasteiger partial charge in [-0.15, -0.1) is 0 Å². The molecule has 1 saturated carbocycles. The standard InChI is InChI=1S/C14H22N4/c15-11-5-6-12(10-11)17-13-4-3-7-16-14(13)18-8-1-2-9-18/h3-4,7,11-12,17H,1-2,5-6,8-10,15H2. The molecule has 0 spiro atoms. The van der Waals surface area contributed by atoms with E-state index in [1.54, 1.807) is 0 Å². The lowest BCUT2D eigenvalue weighted by Crippen LogP contribution is -2.24. The summed E-state index contributed by atoms with van der Waals surface area (Å²) in [7, 11) is 0. The Hall–Kier alpha value is -1.29. The lowest BCUT2D eigenvalue weighted by molar-refractivity contribution is 0.687. The highest BCUT2D eigenvalue weighted by Crippen LogP contribution is 2.29. The van der Waals surface area contributed by atoms with Gasteiger partial charge in [0.25, 0.3) is 0 Å². The molecule has 1 aromatic rings. The first-order valence-electron chi connectivity index (χ1n) is 7.05. The summed E-state index contributed by atoms with van der Waals surface area (Å²) in [6.45, 7) is 2.27. The van der Waals surface area contributed by atoms with Crippen LogP contribution in [0.5, 0.6) is 0 Å². The number of anilines is 2. The molecule has 3 N–H and O–H groups in total. The molecule has 0 radical (unpaired) electrons. The normalized spacial score (nSPS) is 27.7. The van der Waals surface area contributed by atoms with Crippen LogP contribution in [0.4, 0.5) is 11.5 Å². The van der Waals surface area contributed by atoms with E-state index in [9.17, 15) is 0 Å². The number of aromatic nitrogens is 1. The predicted octanol–water partition coefficient (Wildman–Crippen LogP) is 1.97. The zero-order chi connectivity index (χ0) is 12.4. The molecular formula is C14H22N4. The molecule has 0 bridgehead atoms. The van der Waals surface area contributed by atoms with Gasteiger partial charge in [-0.05, 0) is 44.2 Å². The monoisotopic (exact) mass is 246 g/mol. The maximum atomic E-state index is 5.97. The fourth-order valence-corrected chi connectivity index (χ4v) is 3.06. The van der Waals surface area contributed by atoms with E-state index in [0.29, 0.717) is 12.1 Å². The Kier molecular flexibility index (Phi) is 3.37. The van der Waals surface area contributed by atoms with E-state index in [1.807, 2.05) is 12.3 Å². The first-order valence-corrected chi connectivity index (χ1v) is 7.05. The second-order valence-corrected chi connectivity index (χ2v) is 5.48. The lowest BCUT2D eigenvalue weighted by Gasteiger charge is -2.22. The van der Waals surface area contributed by atoms with Gasteiger partial charge in [0.05, 0.1) is 5.69 Å². The SMILES string of the molecule is NC1CCC(Nc2cccnc2N2CCCC2)C1. The molecule has 1 aromatic heterocycles. The maximum absolute atomic E-state index is 5.97. The fourth-order valence-electron chi connectivity index (χ4n) is 3.06. The zero-order valence-electron chi connectivity index (χ0n) is 10.8. The van der Waals surface area contributed by atoms with Gasteiger partial charge in [-0.2, -0.15) is 0 Å². The third-order valence-electron chi connectivity index (χ3n) is 4.03. The van der Waals surface area contributed by atoms with E-state index < -0.39 is 0 Å². The van der Waals surface area contributed by atoms with Gasteiger partial charge in [0.1, 0.15) is 0 Å². The predicted molar refractivity (Wildman–Crippen MR) is 74.9 cm³/mol. The molecule has 4 heteroatoms. The van der Waals surface area contributed by atoms with Gasteiger partial charge in [0.15, 0.2) is 5.82 Å². The van der Waals surface area contributed by atoms with Crippen LogP contribution in [0.3, 0.4) is 0 Å². The van der Waals surface area contributed by atoms with Crippen LogP contribution in [0, 0.1) is 0 Å². The van der Waals surface area contributed by atoms with Crippen LogP contribution in [0.2, 0.25) is 0 Å². The van der Waals surface area contributed by atoms with Crippen LogP contribution in [0.25, 0.3) is 0 Å². The molecule has 2 aliphatic rings. The van der Waals surface area contributed by atoms with E-state index in [1.165, 1.54) is 24.9 Å². The minimum absolute atomic E-state index is 0.370. The molecule has 2 fully saturated rings. The fraction of sp³-hybridized carbons (Fsp3) is 0.643. The molecule has 0 amide bonds. The second-order valence-electron chi connectivity index (χ2n) is 5.48. The van der Waals surface area contributed by atoms with Crippen molar-refractivity contribution >= 4 is 11.5 Å². The van der Waals surface area contributed by atoms with Crippen molar-refractivity contribution in [3.63, 3.8) is 0 Å². The summed E-state index contributed by atoms with van der Waals surface area (Å²) >= 11 is 0. The summed E-state index contributed by atoms with van der Waals surface area (Å²) in [6, 6.07) is 5.04. The van der Waals surface area contributed by atoms with Crippen molar-refractivity contribution in [2.24, 2.45) is 5.73 Å². The van der Waals surface area contributed by atoms with Gasteiger partial charge >= 0.3 is 0 Å². The van der Waals surface area contributed by atoms with Gasteiger partial charge in [-0.25, -0.2) is 4.98 Å². The highest BCUT2D eigenvalue weighted by atomic mass is 15.2. The van der Waals surface area contributed by atoms with Crippen molar-refractivity contribution < 1.29 is 0 Å². The van der Waals surface area contributed by atoms with Gasteiger partial charge in [0.2, 0.25) is 0 Å². The molecule has 98 valence electrons. The number of nitrogens with one attached hydrogen (secondary N) is 1. The van der Waals surface area contributed by atoms with Crippen LogP contribution < -0.4 is 16.0 Å². The van der Waals surface area contributed by atoms with E-state index >= 15 is 0 Å². The Morgan fingerprint density at radius 2 is 2.11 bits per heavy atom. The quantitative estimate of drug-likeness (QED) is 0.856. The molecule has 1 saturated heterocycles. The third kappa shape index (κ3) is 2.43. The first kappa shape index (κ1) is 11.8. The Bertz CT molecular complexity index is 401. The van der Waals surface area contributed by atoms with E-state index in [2.05, 4.69) is 21.3 Å². The highest BCUT2D eigenvalue weighted by Gasteiger charge is 2.23. The Labute approximate surface area is 109 Å². The van der Waals surface area contributed by atoms with Crippen LogP contribution in [-0.2, 0) is 0 Å². The summed E-state index contributed by atoms with van der Waals surface area (Å²) in [6.07, 6.45) is 7.84. The van der Waals surface area contributed by atoms with Crippen molar-refractivity contribution in [1.29, 1.82) is 0 Å². The number of hydrogen-bond acceptors (Lipinski definition) is 4. The molecule has 2 atom stereocenters. The molecule has 0 aromatic carbocycles. The summed E-state index contributed by atoms with van der Waals surface area (Å²) < 4.78 is 0. The number of pyridine rings is 1. The molecule has 2 heterocycles. The summed E-state index contributed by atoms with van der Waals surface area (Å²) in [5.41, 5.74) is 7.15. The largest absolute Gasteiger partial charge is 0.379 e. The smallest absolute Gasteiger partial charge is 0.151 e. The van der Waals surface area contributed by atoms with Gasteiger partial charge in [-0.1, -0.05) is 0 Å². The van der Waals surface area contributed by atoms with Crippen LogP contribution in [-0.4, -0.2) is 30.2 Å². The Morgan fingerprint density at radius 1 is 1.28 bits per heavy atom. The van der Waals surface area contributed by atoms with Gasteiger partial charge < -0.3 is 16.0 Å². The number of rotatable bonds is 3. The van der Waals surface area contributed by atoms with Crippen molar-refractivity contribution in [2.45, 2.75) is 44.2 Å². The van der Waals surface area contributed by atoms with Crippen molar-refractivity contribution in [3.8, 4) is 0 Å². The van der Waals surface area contributed by atoms with E-state index in [-0.39, 0.29) is 0 Å². The number of hydrogen-bond donors (Lipinski definition) is 2. The van der Waals surface area contributed by atoms with Crippen molar-refractivity contribution in [3.05, 3.63) is 18.3 Å². The summed E-state index contributed by atoms with van der Waals surface area (Å²) in [4.78, 5) is 6.94. The first-order chi connectivity index (χ1) is 8.83. The highest BCUT2D eigenvalue weighted by molar-refractivity contribution is 5.66. The van der Waals surface area contributed by atoms with E-state index in [0.717, 1.165) is 31.7 Å². The maximum Gasteiger partial charge on any atom is 0.151 e. The van der Waals surface area contributed by atoms with Crippen LogP contribution >= 0.6 is 0 Å². The molecule has 1 aliphatic heterocycles. The molecular weight excluding hydrogens is 224 g/mol. The number of nitrogens with zero attached hydrogens (tertiary/aromatic N) is 2. The minimum Gasteiger partial charge on any atom is -0.379 e. The molecule has 1 aliphatic carbocycles. The summed E-state index contributed by atoms with van der Waals surface area (Å²) in [5.74, 6) is 1.12. The van der Waals surface area contributed by atoms with Crippen molar-refractivity contribution in [2.75, 3.05) is 23.3 Å². The Morgan fingerprint density at radius 3 is 2.83 bits per heavy atom. The number of nitrogens with two attached hydrogens (primary N) is 1. The van der Waals surface area contributed by atoms with Crippen LogP contribution in [0.15, 0.2) is 18.3 Å². The topological polar surface area (TPSA) is 54.2 Å². The minimum atomic E-state index is 0.370. The Balaban J connectivity index is 1.74. The molecule has 4 nitrogen and oxygen atoms in total. The third-order valence-corrected chi connectivity index (χ3v) is 4.03. The van der Waals surface area contributed by atoms with Gasteiger partial charge in [-0.3, -0.25) is 0 Å². The summed E-state index contributed by atoms with van der Waals surface area (Å²) in [5, 5.41) is 3.63. The molecule has 2 unspecified atom stereocenters. The molecule has 18 heavy (non-hydrogen) atoms. The molecule has 3 rings (SSSR count). The van der Waals surface area contributed by atoms with Crippen LogP contribution in [0.1, 0.15) is 32.1 Å². The lowest BCUT2D eigenvalue weighted by atomic mass is 10.2. The average molecular weight is 246 g/mol. The zero-order valence-corrected chi connectivity index (χ0v) is 10.8. The second kappa shape index (κ2) is 5.14.